The van der Waals surface area contributed by atoms with Crippen molar-refractivity contribution in [3.63, 3.8) is 0 Å². The maximum Gasteiger partial charge on any atom is 0.320 e. The molecule has 0 bridgehead atoms. The summed E-state index contributed by atoms with van der Waals surface area (Å²) in [7, 11) is 1.59. The van der Waals surface area contributed by atoms with Crippen molar-refractivity contribution < 1.29 is 9.53 Å². The number of fused-ring (bicyclic) bond motifs is 1. The predicted molar refractivity (Wildman–Crippen MR) is 91.5 cm³/mol. The van der Waals surface area contributed by atoms with Gasteiger partial charge in [-0.25, -0.2) is 9.78 Å². The van der Waals surface area contributed by atoms with E-state index < -0.39 is 0 Å². The SMILES string of the molecule is COCC(NC(=O)Nc1cc2[nH]nc(N)c2cn1)c1ccccc1. The zero-order valence-electron chi connectivity index (χ0n) is 13.1. The van der Waals surface area contributed by atoms with E-state index in [1.54, 1.807) is 19.4 Å². The van der Waals surface area contributed by atoms with Crippen molar-refractivity contribution in [1.82, 2.24) is 20.5 Å². The summed E-state index contributed by atoms with van der Waals surface area (Å²) in [6, 6.07) is 10.6. The van der Waals surface area contributed by atoms with E-state index in [1.807, 2.05) is 30.3 Å². The highest BCUT2D eigenvalue weighted by Gasteiger charge is 2.15. The van der Waals surface area contributed by atoms with Crippen molar-refractivity contribution in [3.8, 4) is 0 Å². The number of methoxy groups -OCH3 is 1. The van der Waals surface area contributed by atoms with E-state index >= 15 is 0 Å². The van der Waals surface area contributed by atoms with Crippen LogP contribution in [-0.2, 0) is 4.74 Å². The van der Waals surface area contributed by atoms with Crippen LogP contribution in [0.2, 0.25) is 0 Å². The Hall–Kier alpha value is -3.13. The molecule has 0 fully saturated rings. The van der Waals surface area contributed by atoms with Crippen molar-refractivity contribution in [1.29, 1.82) is 0 Å². The molecule has 0 radical (unpaired) electrons. The number of rotatable bonds is 5. The second-order valence-electron chi connectivity index (χ2n) is 5.24. The van der Waals surface area contributed by atoms with E-state index in [0.29, 0.717) is 29.1 Å². The van der Waals surface area contributed by atoms with Gasteiger partial charge < -0.3 is 15.8 Å². The number of urea groups is 1. The molecule has 2 heterocycles. The first-order chi connectivity index (χ1) is 11.7. The molecule has 1 aromatic carbocycles. The summed E-state index contributed by atoms with van der Waals surface area (Å²) in [5, 5.41) is 13.0. The smallest absolute Gasteiger partial charge is 0.320 e. The van der Waals surface area contributed by atoms with Gasteiger partial charge in [-0.3, -0.25) is 10.4 Å². The van der Waals surface area contributed by atoms with Gasteiger partial charge in [0.15, 0.2) is 5.82 Å². The number of pyridine rings is 1. The van der Waals surface area contributed by atoms with Crippen LogP contribution in [0.5, 0.6) is 0 Å². The number of nitrogen functional groups attached to an aromatic ring is 1. The minimum Gasteiger partial charge on any atom is -0.382 e. The van der Waals surface area contributed by atoms with Crippen LogP contribution in [-0.4, -0.2) is 34.9 Å². The summed E-state index contributed by atoms with van der Waals surface area (Å²) in [6.07, 6.45) is 1.56. The molecule has 0 saturated heterocycles. The topological polar surface area (TPSA) is 118 Å². The molecule has 0 aliphatic rings. The number of aromatic nitrogens is 3. The fourth-order valence-corrected chi connectivity index (χ4v) is 2.38. The number of benzene rings is 1. The van der Waals surface area contributed by atoms with Crippen molar-refractivity contribution in [2.24, 2.45) is 0 Å². The highest BCUT2D eigenvalue weighted by atomic mass is 16.5. The molecular weight excluding hydrogens is 308 g/mol. The lowest BCUT2D eigenvalue weighted by atomic mass is 10.1. The van der Waals surface area contributed by atoms with Crippen LogP contribution in [0.3, 0.4) is 0 Å². The third-order valence-corrected chi connectivity index (χ3v) is 3.56. The van der Waals surface area contributed by atoms with Gasteiger partial charge in [0.25, 0.3) is 0 Å². The molecule has 1 atom stereocenters. The lowest BCUT2D eigenvalue weighted by Gasteiger charge is -2.18. The summed E-state index contributed by atoms with van der Waals surface area (Å²) < 4.78 is 5.18. The van der Waals surface area contributed by atoms with E-state index in [-0.39, 0.29) is 12.1 Å². The Morgan fingerprint density at radius 3 is 2.92 bits per heavy atom. The average Bonchev–Trinajstić information content (AvgIpc) is 2.96. The Morgan fingerprint density at radius 1 is 1.38 bits per heavy atom. The van der Waals surface area contributed by atoms with Crippen molar-refractivity contribution >= 4 is 28.6 Å². The van der Waals surface area contributed by atoms with E-state index in [2.05, 4.69) is 25.8 Å². The summed E-state index contributed by atoms with van der Waals surface area (Å²) >= 11 is 0. The van der Waals surface area contributed by atoms with Crippen LogP contribution in [0, 0.1) is 0 Å². The molecule has 3 aromatic rings. The number of hydrogen-bond acceptors (Lipinski definition) is 5. The maximum atomic E-state index is 12.2. The van der Waals surface area contributed by atoms with Gasteiger partial charge in [-0.2, -0.15) is 5.10 Å². The number of H-pyrrole nitrogens is 1. The maximum absolute atomic E-state index is 12.2. The molecule has 8 heteroatoms. The molecule has 0 saturated carbocycles. The Labute approximate surface area is 138 Å². The van der Waals surface area contributed by atoms with Crippen LogP contribution in [0.15, 0.2) is 42.6 Å². The zero-order chi connectivity index (χ0) is 16.9. The fourth-order valence-electron chi connectivity index (χ4n) is 2.38. The van der Waals surface area contributed by atoms with Crippen LogP contribution in [0.1, 0.15) is 11.6 Å². The normalized spacial score (nSPS) is 12.0. The molecule has 0 aliphatic heterocycles. The highest BCUT2D eigenvalue weighted by Crippen LogP contribution is 2.19. The van der Waals surface area contributed by atoms with E-state index in [4.69, 9.17) is 10.5 Å². The number of nitrogens with one attached hydrogen (secondary N) is 3. The number of anilines is 2. The number of amides is 2. The first-order valence-electron chi connectivity index (χ1n) is 7.38. The minimum absolute atomic E-state index is 0.261. The van der Waals surface area contributed by atoms with Gasteiger partial charge in [0, 0.05) is 19.4 Å². The Kier molecular flexibility index (Phi) is 4.57. The number of carbonyl (C=O) groups is 1. The van der Waals surface area contributed by atoms with Crippen LogP contribution >= 0.6 is 0 Å². The lowest BCUT2D eigenvalue weighted by molar-refractivity contribution is 0.168. The van der Waals surface area contributed by atoms with Crippen molar-refractivity contribution in [3.05, 3.63) is 48.2 Å². The number of nitrogens with two attached hydrogens (primary N) is 1. The zero-order valence-corrected chi connectivity index (χ0v) is 13.1. The summed E-state index contributed by atoms with van der Waals surface area (Å²) in [5.74, 6) is 0.769. The number of nitrogens with zero attached hydrogens (tertiary/aromatic N) is 2. The van der Waals surface area contributed by atoms with Crippen LogP contribution in [0.4, 0.5) is 16.4 Å². The summed E-state index contributed by atoms with van der Waals surface area (Å²) in [6.45, 7) is 0.362. The molecular formula is C16H18N6O2. The van der Waals surface area contributed by atoms with Gasteiger partial charge >= 0.3 is 6.03 Å². The third-order valence-electron chi connectivity index (χ3n) is 3.56. The van der Waals surface area contributed by atoms with E-state index in [1.165, 1.54) is 0 Å². The van der Waals surface area contributed by atoms with E-state index in [9.17, 15) is 4.79 Å². The van der Waals surface area contributed by atoms with Crippen LogP contribution in [0.25, 0.3) is 10.9 Å². The van der Waals surface area contributed by atoms with Gasteiger partial charge in [0.2, 0.25) is 0 Å². The standard InChI is InChI=1S/C16H18N6O2/c1-24-9-13(10-5-3-2-4-6-10)19-16(23)20-14-7-12-11(8-18-14)15(17)22-21-12/h2-8,13H,9H2,1H3,(H3,17,21,22)(H2,18,19,20,23). The van der Waals surface area contributed by atoms with E-state index in [0.717, 1.165) is 5.56 Å². The summed E-state index contributed by atoms with van der Waals surface area (Å²) in [5.41, 5.74) is 7.36. The third kappa shape index (κ3) is 3.44. The van der Waals surface area contributed by atoms with Crippen LogP contribution < -0.4 is 16.4 Å². The second kappa shape index (κ2) is 6.97. The van der Waals surface area contributed by atoms with Gasteiger partial charge in [-0.15, -0.1) is 0 Å². The molecule has 2 aromatic heterocycles. The van der Waals surface area contributed by atoms with Gasteiger partial charge in [-0.05, 0) is 5.56 Å². The first kappa shape index (κ1) is 15.8. The average molecular weight is 326 g/mol. The second-order valence-corrected chi connectivity index (χ2v) is 5.24. The molecule has 0 aliphatic carbocycles. The molecule has 3 rings (SSSR count). The minimum atomic E-state index is -0.375. The predicted octanol–water partition coefficient (Wildman–Crippen LogP) is 2.05. The van der Waals surface area contributed by atoms with Crippen molar-refractivity contribution in [2.75, 3.05) is 24.8 Å². The Balaban J connectivity index is 1.70. The fraction of sp³-hybridized carbons (Fsp3) is 0.188. The number of carbonyl (C=O) groups excluding carboxylic acids is 1. The molecule has 2 amide bonds. The molecule has 0 spiro atoms. The monoisotopic (exact) mass is 326 g/mol. The highest BCUT2D eigenvalue weighted by molar-refractivity contribution is 5.93. The number of aromatic amines is 1. The first-order valence-corrected chi connectivity index (χ1v) is 7.38. The van der Waals surface area contributed by atoms with Crippen molar-refractivity contribution in [2.45, 2.75) is 6.04 Å². The molecule has 124 valence electrons. The number of hydrogen-bond donors (Lipinski definition) is 4. The molecule has 8 nitrogen and oxygen atoms in total. The molecule has 5 N–H and O–H groups in total. The molecule has 24 heavy (non-hydrogen) atoms. The van der Waals surface area contributed by atoms with Gasteiger partial charge in [0.1, 0.15) is 5.82 Å². The van der Waals surface area contributed by atoms with Gasteiger partial charge in [-0.1, -0.05) is 30.3 Å². The quantitative estimate of drug-likeness (QED) is 0.572. The largest absolute Gasteiger partial charge is 0.382 e. The summed E-state index contributed by atoms with van der Waals surface area (Å²) in [4.78, 5) is 16.4. The van der Waals surface area contributed by atoms with Gasteiger partial charge in [0.05, 0.1) is 23.6 Å². The number of ether oxygens (including phenoxy) is 1. The lowest BCUT2D eigenvalue weighted by Crippen LogP contribution is -2.35. The molecule has 1 unspecified atom stereocenters. The Bertz CT molecular complexity index is 833. The Morgan fingerprint density at radius 2 is 2.17 bits per heavy atom.